The van der Waals surface area contributed by atoms with Crippen LogP contribution in [0.5, 0.6) is 0 Å². The number of rotatable bonds is 6. The third-order valence-corrected chi connectivity index (χ3v) is 4.71. The Morgan fingerprint density at radius 1 is 1.20 bits per heavy atom. The minimum atomic E-state index is -0.589. The predicted molar refractivity (Wildman–Crippen MR) is 99.0 cm³/mol. The maximum absolute atomic E-state index is 13.7. The number of carbonyl (C=O) groups excluding carboxylic acids is 2. The first-order valence-electron chi connectivity index (χ1n) is 7.10. The van der Waals surface area contributed by atoms with Gasteiger partial charge in [0.15, 0.2) is 0 Å². The van der Waals surface area contributed by atoms with Crippen molar-refractivity contribution >= 4 is 52.5 Å². The van der Waals surface area contributed by atoms with E-state index in [4.69, 9.17) is 23.2 Å². The number of hydrogen-bond donors (Lipinski definition) is 1. The normalized spacial score (nSPS) is 10.4. The summed E-state index contributed by atoms with van der Waals surface area (Å²) in [5.74, 6) is -0.810. The number of hydrogen-bond acceptors (Lipinski definition) is 4. The largest absolute Gasteiger partial charge is 0.465 e. The van der Waals surface area contributed by atoms with Crippen LogP contribution in [0.4, 0.5) is 10.1 Å². The molecule has 0 aliphatic rings. The molecule has 0 aliphatic carbocycles. The molecule has 2 aromatic carbocycles. The van der Waals surface area contributed by atoms with Crippen LogP contribution in [0.15, 0.2) is 36.4 Å². The van der Waals surface area contributed by atoms with E-state index in [1.54, 1.807) is 18.2 Å². The van der Waals surface area contributed by atoms with E-state index in [1.807, 2.05) is 0 Å². The lowest BCUT2D eigenvalue weighted by Gasteiger charge is -2.08. The van der Waals surface area contributed by atoms with Crippen molar-refractivity contribution in [2.75, 3.05) is 18.2 Å². The Morgan fingerprint density at radius 2 is 1.96 bits per heavy atom. The van der Waals surface area contributed by atoms with Gasteiger partial charge in [0.1, 0.15) is 5.82 Å². The highest BCUT2D eigenvalue weighted by Gasteiger charge is 2.13. The number of benzene rings is 2. The van der Waals surface area contributed by atoms with Gasteiger partial charge < -0.3 is 10.1 Å². The number of thioether (sulfide) groups is 1. The molecule has 25 heavy (non-hydrogen) atoms. The Labute approximate surface area is 158 Å². The lowest BCUT2D eigenvalue weighted by atomic mass is 10.2. The second-order valence-corrected chi connectivity index (χ2v) is 6.79. The van der Waals surface area contributed by atoms with Crippen LogP contribution in [0.3, 0.4) is 0 Å². The molecule has 0 heterocycles. The van der Waals surface area contributed by atoms with Crippen LogP contribution in [-0.2, 0) is 15.3 Å². The first-order valence-corrected chi connectivity index (χ1v) is 9.01. The number of anilines is 1. The average Bonchev–Trinajstić information content (AvgIpc) is 2.58. The van der Waals surface area contributed by atoms with Gasteiger partial charge in [-0.2, -0.15) is 0 Å². The van der Waals surface area contributed by atoms with Crippen LogP contribution >= 0.6 is 35.0 Å². The summed E-state index contributed by atoms with van der Waals surface area (Å²) in [6.45, 7) is 0. The van der Waals surface area contributed by atoms with Gasteiger partial charge in [0.25, 0.3) is 0 Å². The number of halogens is 3. The van der Waals surface area contributed by atoms with E-state index in [0.29, 0.717) is 22.0 Å². The van der Waals surface area contributed by atoms with Gasteiger partial charge in [-0.15, -0.1) is 11.8 Å². The second kappa shape index (κ2) is 9.08. The summed E-state index contributed by atoms with van der Waals surface area (Å²) in [5, 5.41) is 3.22. The van der Waals surface area contributed by atoms with Crippen molar-refractivity contribution in [1.82, 2.24) is 0 Å². The van der Waals surface area contributed by atoms with Gasteiger partial charge in [-0.25, -0.2) is 9.18 Å². The van der Waals surface area contributed by atoms with Crippen LogP contribution in [-0.4, -0.2) is 24.7 Å². The summed E-state index contributed by atoms with van der Waals surface area (Å²) < 4.78 is 18.3. The third-order valence-electron chi connectivity index (χ3n) is 3.16. The van der Waals surface area contributed by atoms with E-state index in [9.17, 15) is 14.0 Å². The molecule has 2 aromatic rings. The molecule has 4 nitrogen and oxygen atoms in total. The number of esters is 1. The lowest BCUT2D eigenvalue weighted by molar-refractivity contribution is -0.113. The third kappa shape index (κ3) is 5.63. The molecule has 0 saturated heterocycles. The number of ether oxygens (including phenoxy) is 1. The minimum Gasteiger partial charge on any atom is -0.465 e. The molecule has 0 fully saturated rings. The number of amides is 1. The SMILES string of the molecule is COC(=O)c1cc(NC(=O)CSCc2ccc(Cl)cc2F)ccc1Cl. The number of methoxy groups -OCH3 is 1. The van der Waals surface area contributed by atoms with E-state index in [0.717, 1.165) is 0 Å². The highest BCUT2D eigenvalue weighted by Crippen LogP contribution is 2.22. The van der Waals surface area contributed by atoms with Crippen LogP contribution in [0.1, 0.15) is 15.9 Å². The van der Waals surface area contributed by atoms with Crippen molar-refractivity contribution in [3.8, 4) is 0 Å². The lowest BCUT2D eigenvalue weighted by Crippen LogP contribution is -2.15. The molecule has 0 aliphatic heterocycles. The Kier molecular flexibility index (Phi) is 7.11. The molecule has 0 bridgehead atoms. The quantitative estimate of drug-likeness (QED) is 0.706. The first-order chi connectivity index (χ1) is 11.9. The van der Waals surface area contributed by atoms with Gasteiger partial charge in [-0.3, -0.25) is 4.79 Å². The summed E-state index contributed by atoms with van der Waals surface area (Å²) in [4.78, 5) is 23.6. The van der Waals surface area contributed by atoms with Crippen molar-refractivity contribution in [1.29, 1.82) is 0 Å². The summed E-state index contributed by atoms with van der Waals surface area (Å²) in [7, 11) is 1.25. The van der Waals surface area contributed by atoms with Crippen molar-refractivity contribution in [2.24, 2.45) is 0 Å². The van der Waals surface area contributed by atoms with Gasteiger partial charge in [0.2, 0.25) is 5.91 Å². The molecular weight excluding hydrogens is 388 g/mol. The van der Waals surface area contributed by atoms with E-state index in [2.05, 4.69) is 10.1 Å². The highest BCUT2D eigenvalue weighted by molar-refractivity contribution is 7.99. The molecule has 0 radical (unpaired) electrons. The smallest absolute Gasteiger partial charge is 0.339 e. The zero-order chi connectivity index (χ0) is 18.4. The molecule has 0 saturated carbocycles. The Morgan fingerprint density at radius 3 is 2.64 bits per heavy atom. The topological polar surface area (TPSA) is 55.4 Å². The van der Waals surface area contributed by atoms with Crippen molar-refractivity contribution in [2.45, 2.75) is 5.75 Å². The van der Waals surface area contributed by atoms with Gasteiger partial charge in [-0.1, -0.05) is 29.3 Å². The van der Waals surface area contributed by atoms with Crippen molar-refractivity contribution in [3.63, 3.8) is 0 Å². The fourth-order valence-corrected chi connectivity index (χ4v) is 3.13. The Hall–Kier alpha value is -1.76. The molecule has 0 aromatic heterocycles. The number of nitrogens with one attached hydrogen (secondary N) is 1. The molecule has 132 valence electrons. The van der Waals surface area contributed by atoms with E-state index in [-0.39, 0.29) is 22.2 Å². The average molecular weight is 402 g/mol. The van der Waals surface area contributed by atoms with Gasteiger partial charge in [0, 0.05) is 16.5 Å². The van der Waals surface area contributed by atoms with E-state index < -0.39 is 11.8 Å². The van der Waals surface area contributed by atoms with Crippen molar-refractivity contribution < 1.29 is 18.7 Å². The molecule has 1 amide bonds. The highest BCUT2D eigenvalue weighted by atomic mass is 35.5. The molecule has 0 atom stereocenters. The minimum absolute atomic E-state index is 0.123. The molecular formula is C17H14Cl2FNO3S. The Balaban J connectivity index is 1.91. The zero-order valence-corrected chi connectivity index (χ0v) is 15.5. The van der Waals surface area contributed by atoms with Crippen LogP contribution < -0.4 is 5.32 Å². The Bertz CT molecular complexity index is 801. The van der Waals surface area contributed by atoms with Gasteiger partial charge in [-0.05, 0) is 35.9 Å². The summed E-state index contributed by atoms with van der Waals surface area (Å²) >= 11 is 12.9. The summed E-state index contributed by atoms with van der Waals surface area (Å²) in [6, 6.07) is 8.94. The van der Waals surface area contributed by atoms with Crippen LogP contribution in [0.25, 0.3) is 0 Å². The molecule has 8 heteroatoms. The van der Waals surface area contributed by atoms with Gasteiger partial charge >= 0.3 is 5.97 Å². The zero-order valence-electron chi connectivity index (χ0n) is 13.1. The van der Waals surface area contributed by atoms with E-state index in [1.165, 1.54) is 37.1 Å². The number of carbonyl (C=O) groups is 2. The molecule has 2 rings (SSSR count). The van der Waals surface area contributed by atoms with Crippen LogP contribution in [0, 0.1) is 5.82 Å². The molecule has 0 spiro atoms. The van der Waals surface area contributed by atoms with E-state index >= 15 is 0 Å². The molecule has 0 unspecified atom stereocenters. The van der Waals surface area contributed by atoms with Crippen molar-refractivity contribution in [3.05, 3.63) is 63.4 Å². The maximum atomic E-state index is 13.7. The standard InChI is InChI=1S/C17H14Cl2FNO3S/c1-24-17(23)13-7-12(4-5-14(13)19)21-16(22)9-25-8-10-2-3-11(18)6-15(10)20/h2-7H,8-9H2,1H3,(H,21,22). The monoisotopic (exact) mass is 401 g/mol. The maximum Gasteiger partial charge on any atom is 0.339 e. The second-order valence-electron chi connectivity index (χ2n) is 4.96. The fraction of sp³-hybridized carbons (Fsp3) is 0.176. The first kappa shape index (κ1) is 19.6. The summed E-state index contributed by atoms with van der Waals surface area (Å²) in [6.07, 6.45) is 0. The van der Waals surface area contributed by atoms with Gasteiger partial charge in [0.05, 0.1) is 23.4 Å². The van der Waals surface area contributed by atoms with Crippen LogP contribution in [0.2, 0.25) is 10.0 Å². The fourth-order valence-electron chi connectivity index (χ4n) is 1.96. The summed E-state index contributed by atoms with van der Waals surface area (Å²) in [5.41, 5.74) is 1.06. The predicted octanol–water partition coefficient (Wildman–Crippen LogP) is 4.79. The molecule has 1 N–H and O–H groups in total.